The fourth-order valence-electron chi connectivity index (χ4n) is 2.46. The fraction of sp³-hybridized carbons (Fsp3) is 0.533. The summed E-state index contributed by atoms with van der Waals surface area (Å²) in [5.74, 6) is -3.80. The lowest BCUT2D eigenvalue weighted by Crippen LogP contribution is -2.32. The van der Waals surface area contributed by atoms with Gasteiger partial charge in [-0.2, -0.15) is 0 Å². The van der Waals surface area contributed by atoms with Gasteiger partial charge < -0.3 is 9.64 Å². The van der Waals surface area contributed by atoms with Crippen LogP contribution in [-0.4, -0.2) is 30.0 Å². The predicted octanol–water partition coefficient (Wildman–Crippen LogP) is 3.55. The van der Waals surface area contributed by atoms with Crippen molar-refractivity contribution in [2.24, 2.45) is 11.8 Å². The van der Waals surface area contributed by atoms with Crippen LogP contribution in [0.25, 0.3) is 0 Å². The van der Waals surface area contributed by atoms with Gasteiger partial charge in [-0.05, 0) is 11.5 Å². The molecule has 1 atom stereocenters. The smallest absolute Gasteiger partial charge is 0.410 e. The summed E-state index contributed by atoms with van der Waals surface area (Å²) in [5.41, 5.74) is 0.840. The molecule has 1 aromatic rings. The van der Waals surface area contributed by atoms with Crippen LogP contribution in [0.3, 0.4) is 0 Å². The molecular formula is C15H19F2NO2. The van der Waals surface area contributed by atoms with Crippen molar-refractivity contribution >= 4 is 6.09 Å². The van der Waals surface area contributed by atoms with E-state index in [2.05, 4.69) is 0 Å². The highest BCUT2D eigenvalue weighted by Crippen LogP contribution is 2.37. The van der Waals surface area contributed by atoms with Gasteiger partial charge in [-0.1, -0.05) is 44.2 Å². The van der Waals surface area contributed by atoms with Gasteiger partial charge in [0.05, 0.1) is 6.54 Å². The summed E-state index contributed by atoms with van der Waals surface area (Å²) in [5, 5.41) is 0. The number of ether oxygens (including phenoxy) is 1. The lowest BCUT2D eigenvalue weighted by Gasteiger charge is -2.20. The molecule has 1 amide bonds. The average molecular weight is 283 g/mol. The molecule has 110 valence electrons. The van der Waals surface area contributed by atoms with E-state index in [1.165, 1.54) is 0 Å². The summed E-state index contributed by atoms with van der Waals surface area (Å²) in [4.78, 5) is 12.9. The number of amides is 1. The molecule has 0 saturated carbocycles. The summed E-state index contributed by atoms with van der Waals surface area (Å²) in [6.07, 6.45) is -0.670. The van der Waals surface area contributed by atoms with Gasteiger partial charge >= 0.3 is 6.09 Å². The van der Waals surface area contributed by atoms with E-state index in [-0.39, 0.29) is 19.1 Å². The van der Waals surface area contributed by atoms with Gasteiger partial charge in [0.1, 0.15) is 6.61 Å². The summed E-state index contributed by atoms with van der Waals surface area (Å²) in [7, 11) is 0. The predicted molar refractivity (Wildman–Crippen MR) is 71.5 cm³/mol. The second kappa shape index (κ2) is 5.77. The third-order valence-electron chi connectivity index (χ3n) is 3.63. The summed E-state index contributed by atoms with van der Waals surface area (Å²) >= 11 is 0. The van der Waals surface area contributed by atoms with E-state index < -0.39 is 24.5 Å². The van der Waals surface area contributed by atoms with Gasteiger partial charge in [-0.3, -0.25) is 0 Å². The van der Waals surface area contributed by atoms with E-state index in [9.17, 15) is 13.6 Å². The second-order valence-electron chi connectivity index (χ2n) is 5.53. The number of nitrogens with zero attached hydrogens (tertiary/aromatic N) is 1. The van der Waals surface area contributed by atoms with Gasteiger partial charge in [0.25, 0.3) is 5.92 Å². The Morgan fingerprint density at radius 3 is 2.60 bits per heavy atom. The van der Waals surface area contributed by atoms with Crippen LogP contribution < -0.4 is 0 Å². The van der Waals surface area contributed by atoms with Crippen molar-refractivity contribution < 1.29 is 18.3 Å². The van der Waals surface area contributed by atoms with E-state index >= 15 is 0 Å². The van der Waals surface area contributed by atoms with Crippen LogP contribution >= 0.6 is 0 Å². The standard InChI is InChI=1S/C15H19F2NO2/c1-11(2)13-8-18(10-15(13,16)17)14(19)20-9-12-6-4-3-5-7-12/h3-7,11,13H,8-10H2,1-2H3. The van der Waals surface area contributed by atoms with Crippen molar-refractivity contribution in [3.63, 3.8) is 0 Å². The Kier molecular flexibility index (Phi) is 4.26. The van der Waals surface area contributed by atoms with Crippen molar-refractivity contribution in [2.45, 2.75) is 26.4 Å². The molecule has 0 bridgehead atoms. The Hall–Kier alpha value is -1.65. The summed E-state index contributed by atoms with van der Waals surface area (Å²) < 4.78 is 32.7. The minimum absolute atomic E-state index is 0.0539. The molecule has 1 fully saturated rings. The zero-order valence-electron chi connectivity index (χ0n) is 11.7. The Bertz CT molecular complexity index is 462. The molecule has 20 heavy (non-hydrogen) atoms. The van der Waals surface area contributed by atoms with Crippen LogP contribution in [0.4, 0.5) is 13.6 Å². The first kappa shape index (κ1) is 14.8. The van der Waals surface area contributed by atoms with E-state index in [1.807, 2.05) is 30.3 Å². The number of benzene rings is 1. The zero-order valence-corrected chi connectivity index (χ0v) is 11.7. The number of halogens is 2. The number of carbonyl (C=O) groups is 1. The van der Waals surface area contributed by atoms with Gasteiger partial charge in [0.2, 0.25) is 0 Å². The number of rotatable bonds is 3. The summed E-state index contributed by atoms with van der Waals surface area (Å²) in [6.45, 7) is 3.10. The van der Waals surface area contributed by atoms with Crippen LogP contribution in [0.5, 0.6) is 0 Å². The zero-order chi connectivity index (χ0) is 14.8. The van der Waals surface area contributed by atoms with Crippen LogP contribution in [0.1, 0.15) is 19.4 Å². The van der Waals surface area contributed by atoms with Crippen LogP contribution in [0.15, 0.2) is 30.3 Å². The number of likely N-dealkylation sites (tertiary alicyclic amines) is 1. The van der Waals surface area contributed by atoms with Crippen molar-refractivity contribution in [1.29, 1.82) is 0 Å². The second-order valence-corrected chi connectivity index (χ2v) is 5.53. The van der Waals surface area contributed by atoms with Crippen LogP contribution in [-0.2, 0) is 11.3 Å². The molecule has 3 nitrogen and oxygen atoms in total. The maximum absolute atomic E-state index is 13.8. The molecule has 1 aromatic carbocycles. The SMILES string of the molecule is CC(C)C1CN(C(=O)OCc2ccccc2)CC1(F)F. The topological polar surface area (TPSA) is 29.5 Å². The molecule has 0 spiro atoms. The fourth-order valence-corrected chi connectivity index (χ4v) is 2.46. The maximum atomic E-state index is 13.8. The minimum Gasteiger partial charge on any atom is -0.445 e. The van der Waals surface area contributed by atoms with Crippen molar-refractivity contribution in [2.75, 3.05) is 13.1 Å². The normalized spacial score (nSPS) is 21.2. The molecule has 1 heterocycles. The van der Waals surface area contributed by atoms with Crippen LogP contribution in [0.2, 0.25) is 0 Å². The van der Waals surface area contributed by atoms with E-state index in [0.717, 1.165) is 10.5 Å². The Balaban J connectivity index is 1.91. The van der Waals surface area contributed by atoms with Gasteiger partial charge in [-0.25, -0.2) is 13.6 Å². The molecular weight excluding hydrogens is 264 g/mol. The summed E-state index contributed by atoms with van der Waals surface area (Å²) in [6, 6.07) is 9.18. The number of carbonyl (C=O) groups excluding carboxylic acids is 1. The molecule has 1 aliphatic heterocycles. The van der Waals surface area contributed by atoms with E-state index in [0.29, 0.717) is 0 Å². The first-order valence-electron chi connectivity index (χ1n) is 6.73. The molecule has 1 aliphatic rings. The van der Waals surface area contributed by atoms with Crippen LogP contribution in [0, 0.1) is 11.8 Å². The molecule has 1 saturated heterocycles. The highest BCUT2D eigenvalue weighted by molar-refractivity contribution is 5.68. The molecule has 1 unspecified atom stereocenters. The molecule has 0 N–H and O–H groups in total. The number of hydrogen-bond acceptors (Lipinski definition) is 2. The van der Waals surface area contributed by atoms with Gasteiger partial charge in [0, 0.05) is 12.5 Å². The van der Waals surface area contributed by atoms with Crippen molar-refractivity contribution in [3.05, 3.63) is 35.9 Å². The highest BCUT2D eigenvalue weighted by Gasteiger charge is 2.51. The first-order valence-corrected chi connectivity index (χ1v) is 6.73. The first-order chi connectivity index (χ1) is 9.40. The molecule has 0 aromatic heterocycles. The van der Waals surface area contributed by atoms with Crippen molar-refractivity contribution in [1.82, 2.24) is 4.90 Å². The lowest BCUT2D eigenvalue weighted by molar-refractivity contribution is -0.0413. The monoisotopic (exact) mass is 283 g/mol. The highest BCUT2D eigenvalue weighted by atomic mass is 19.3. The third-order valence-corrected chi connectivity index (χ3v) is 3.63. The van der Waals surface area contributed by atoms with Gasteiger partial charge in [0.15, 0.2) is 0 Å². The maximum Gasteiger partial charge on any atom is 0.410 e. The molecule has 0 aliphatic carbocycles. The number of hydrogen-bond donors (Lipinski definition) is 0. The number of alkyl halides is 2. The molecule has 2 rings (SSSR count). The van der Waals surface area contributed by atoms with Crippen molar-refractivity contribution in [3.8, 4) is 0 Å². The lowest BCUT2D eigenvalue weighted by atomic mass is 9.92. The Morgan fingerprint density at radius 1 is 1.40 bits per heavy atom. The molecule has 0 radical (unpaired) electrons. The molecule has 5 heteroatoms. The van der Waals surface area contributed by atoms with E-state index in [4.69, 9.17) is 4.74 Å². The Morgan fingerprint density at radius 2 is 2.05 bits per heavy atom. The third kappa shape index (κ3) is 3.26. The quantitative estimate of drug-likeness (QED) is 0.849. The average Bonchev–Trinajstić information content (AvgIpc) is 2.73. The largest absolute Gasteiger partial charge is 0.445 e. The minimum atomic E-state index is -2.83. The Labute approximate surface area is 117 Å². The van der Waals surface area contributed by atoms with E-state index in [1.54, 1.807) is 13.8 Å². The van der Waals surface area contributed by atoms with Gasteiger partial charge in [-0.15, -0.1) is 0 Å².